The highest BCUT2D eigenvalue weighted by atomic mass is 16.5. The predicted molar refractivity (Wildman–Crippen MR) is 75.9 cm³/mol. The molecule has 0 saturated carbocycles. The first-order chi connectivity index (χ1) is 8.99. The van der Waals surface area contributed by atoms with Crippen LogP contribution in [-0.4, -0.2) is 26.3 Å². The lowest BCUT2D eigenvalue weighted by atomic mass is 9.81. The highest BCUT2D eigenvalue weighted by molar-refractivity contribution is 5.32. The summed E-state index contributed by atoms with van der Waals surface area (Å²) in [7, 11) is 0. The third kappa shape index (κ3) is 2.97. The maximum atomic E-state index is 9.16. The molecule has 19 heavy (non-hydrogen) atoms. The minimum absolute atomic E-state index is 0.0621. The van der Waals surface area contributed by atoms with E-state index in [2.05, 4.69) is 56.4 Å². The molecular weight excluding hydrogens is 236 g/mol. The van der Waals surface area contributed by atoms with E-state index in [1.54, 1.807) is 0 Å². The number of ether oxygens (including phenoxy) is 1. The Labute approximate surface area is 115 Å². The lowest BCUT2D eigenvalue weighted by Crippen LogP contribution is -2.50. The minimum Gasteiger partial charge on any atom is -0.378 e. The van der Waals surface area contributed by atoms with E-state index in [-0.39, 0.29) is 10.8 Å². The normalized spacial score (nSPS) is 17.6. The van der Waals surface area contributed by atoms with Crippen LogP contribution >= 0.6 is 0 Å². The average Bonchev–Trinajstić information content (AvgIpc) is 2.33. The number of hydrogen-bond acceptors (Lipinski definition) is 3. The summed E-state index contributed by atoms with van der Waals surface area (Å²) in [5.74, 6) is 0. The fourth-order valence-electron chi connectivity index (χ4n) is 2.60. The highest BCUT2D eigenvalue weighted by Crippen LogP contribution is 2.28. The molecule has 0 radical (unpaired) electrons. The lowest BCUT2D eigenvalue weighted by Gasteiger charge is -2.36. The number of aryl methyl sites for hydroxylation is 1. The second kappa shape index (κ2) is 5.32. The van der Waals surface area contributed by atoms with Crippen molar-refractivity contribution in [3.05, 3.63) is 35.4 Å². The quantitative estimate of drug-likeness (QED) is 0.882. The molecule has 0 atom stereocenters. The molecule has 0 aromatic heterocycles. The maximum Gasteiger partial charge on any atom is 0.116 e. The molecule has 0 unspecified atom stereocenters. The molecule has 1 aliphatic heterocycles. The van der Waals surface area contributed by atoms with Crippen LogP contribution < -0.4 is 5.32 Å². The summed E-state index contributed by atoms with van der Waals surface area (Å²) < 4.78 is 5.15. The van der Waals surface area contributed by atoms with E-state index < -0.39 is 0 Å². The van der Waals surface area contributed by atoms with Crippen LogP contribution in [0.2, 0.25) is 0 Å². The largest absolute Gasteiger partial charge is 0.378 e. The number of nitrogens with zero attached hydrogens (tertiary/aromatic N) is 1. The first-order valence-corrected chi connectivity index (χ1v) is 6.75. The van der Waals surface area contributed by atoms with E-state index in [0.29, 0.717) is 19.8 Å². The third-order valence-corrected chi connectivity index (χ3v) is 3.90. The topological polar surface area (TPSA) is 45.0 Å². The van der Waals surface area contributed by atoms with Gasteiger partial charge in [-0.15, -0.1) is 0 Å². The summed E-state index contributed by atoms with van der Waals surface area (Å²) in [6.07, 6.45) is 0. The highest BCUT2D eigenvalue weighted by Gasteiger charge is 2.39. The van der Waals surface area contributed by atoms with Crippen molar-refractivity contribution in [3.63, 3.8) is 0 Å². The van der Waals surface area contributed by atoms with Crippen LogP contribution in [0.1, 0.15) is 25.0 Å². The lowest BCUT2D eigenvalue weighted by molar-refractivity contribution is -0.0756. The minimum atomic E-state index is -0.304. The Morgan fingerprint density at radius 2 is 2.05 bits per heavy atom. The van der Waals surface area contributed by atoms with Gasteiger partial charge in [0.15, 0.2) is 0 Å². The summed E-state index contributed by atoms with van der Waals surface area (Å²) in [6, 6.07) is 10.8. The zero-order valence-corrected chi connectivity index (χ0v) is 12.0. The van der Waals surface area contributed by atoms with Gasteiger partial charge < -0.3 is 10.1 Å². The summed E-state index contributed by atoms with van der Waals surface area (Å²) in [5.41, 5.74) is 2.43. The van der Waals surface area contributed by atoms with Crippen molar-refractivity contribution in [2.24, 2.45) is 5.41 Å². The van der Waals surface area contributed by atoms with Gasteiger partial charge in [0, 0.05) is 18.5 Å². The van der Waals surface area contributed by atoms with Crippen molar-refractivity contribution >= 4 is 0 Å². The van der Waals surface area contributed by atoms with Gasteiger partial charge in [0.05, 0.1) is 19.3 Å². The molecule has 1 aromatic carbocycles. The van der Waals surface area contributed by atoms with Crippen molar-refractivity contribution < 1.29 is 4.74 Å². The van der Waals surface area contributed by atoms with Gasteiger partial charge >= 0.3 is 0 Å². The van der Waals surface area contributed by atoms with Gasteiger partial charge in [-0.1, -0.05) is 38.1 Å². The van der Waals surface area contributed by atoms with E-state index in [1.807, 2.05) is 0 Å². The van der Waals surface area contributed by atoms with Gasteiger partial charge in [0.25, 0.3) is 0 Å². The van der Waals surface area contributed by atoms with Crippen LogP contribution in [0.15, 0.2) is 24.3 Å². The molecule has 3 nitrogen and oxygen atoms in total. The van der Waals surface area contributed by atoms with Crippen LogP contribution in [0.25, 0.3) is 0 Å². The molecule has 1 fully saturated rings. The molecule has 1 N–H and O–H groups in total. The van der Waals surface area contributed by atoms with Crippen LogP contribution in [0.4, 0.5) is 0 Å². The molecule has 1 aromatic rings. The predicted octanol–water partition coefficient (Wildman–Crippen LogP) is 2.40. The molecular formula is C16H22N2O. The number of rotatable bonds is 5. The fourth-order valence-corrected chi connectivity index (χ4v) is 2.60. The second-order valence-corrected chi connectivity index (χ2v) is 6.19. The van der Waals surface area contributed by atoms with Crippen molar-refractivity contribution in [3.8, 4) is 6.07 Å². The Bertz CT molecular complexity index is 484. The zero-order valence-electron chi connectivity index (χ0n) is 12.0. The standard InChI is InChI=1S/C16H22N2O/c1-13-6-4-5-7-14(13)15(2,3)9-18-10-16(8-17)11-19-12-16/h4-7,18H,9-12H2,1-3H3. The van der Waals surface area contributed by atoms with Crippen molar-refractivity contribution in [2.45, 2.75) is 26.2 Å². The summed E-state index contributed by atoms with van der Waals surface area (Å²) in [4.78, 5) is 0. The number of benzene rings is 1. The molecule has 0 amide bonds. The first kappa shape index (κ1) is 14.0. The van der Waals surface area contributed by atoms with Crippen LogP contribution in [-0.2, 0) is 10.2 Å². The smallest absolute Gasteiger partial charge is 0.116 e. The summed E-state index contributed by atoms with van der Waals surface area (Å²) >= 11 is 0. The van der Waals surface area contributed by atoms with Gasteiger partial charge in [-0.05, 0) is 18.1 Å². The molecule has 0 bridgehead atoms. The molecule has 3 heteroatoms. The van der Waals surface area contributed by atoms with Gasteiger partial charge in [0.2, 0.25) is 0 Å². The van der Waals surface area contributed by atoms with Gasteiger partial charge in [-0.25, -0.2) is 0 Å². The fraction of sp³-hybridized carbons (Fsp3) is 0.562. The Balaban J connectivity index is 1.95. The molecule has 102 valence electrons. The van der Waals surface area contributed by atoms with Crippen LogP contribution in [0.5, 0.6) is 0 Å². The maximum absolute atomic E-state index is 9.16. The van der Waals surface area contributed by atoms with Gasteiger partial charge in [-0.2, -0.15) is 5.26 Å². The van der Waals surface area contributed by atoms with Crippen molar-refractivity contribution in [2.75, 3.05) is 26.3 Å². The zero-order chi connectivity index (χ0) is 13.9. The van der Waals surface area contributed by atoms with E-state index in [0.717, 1.165) is 6.54 Å². The number of nitriles is 1. The molecule has 2 rings (SSSR count). The van der Waals surface area contributed by atoms with E-state index in [9.17, 15) is 0 Å². The molecule has 1 saturated heterocycles. The summed E-state index contributed by atoms with van der Waals surface area (Å²) in [6.45, 7) is 9.30. The number of hydrogen-bond donors (Lipinski definition) is 1. The van der Waals surface area contributed by atoms with E-state index >= 15 is 0 Å². The van der Waals surface area contributed by atoms with Crippen molar-refractivity contribution in [1.29, 1.82) is 5.26 Å². The molecule has 1 heterocycles. The van der Waals surface area contributed by atoms with Crippen molar-refractivity contribution in [1.82, 2.24) is 5.32 Å². The second-order valence-electron chi connectivity index (χ2n) is 6.19. The van der Waals surface area contributed by atoms with E-state index in [1.165, 1.54) is 11.1 Å². The Morgan fingerprint density at radius 3 is 2.58 bits per heavy atom. The number of nitrogens with one attached hydrogen (secondary N) is 1. The van der Waals surface area contributed by atoms with Gasteiger partial charge in [0.1, 0.15) is 5.41 Å². The Kier molecular flexibility index (Phi) is 3.93. The Morgan fingerprint density at radius 1 is 1.37 bits per heavy atom. The monoisotopic (exact) mass is 258 g/mol. The van der Waals surface area contributed by atoms with Gasteiger partial charge in [-0.3, -0.25) is 0 Å². The average molecular weight is 258 g/mol. The van der Waals surface area contributed by atoms with E-state index in [4.69, 9.17) is 10.00 Å². The van der Waals surface area contributed by atoms with Crippen LogP contribution in [0, 0.1) is 23.7 Å². The molecule has 1 aliphatic rings. The molecule has 0 spiro atoms. The van der Waals surface area contributed by atoms with Crippen LogP contribution in [0.3, 0.4) is 0 Å². The SMILES string of the molecule is Cc1ccccc1C(C)(C)CNCC1(C#N)COC1. The first-order valence-electron chi connectivity index (χ1n) is 6.75. The molecule has 0 aliphatic carbocycles. The summed E-state index contributed by atoms with van der Waals surface area (Å²) in [5, 5.41) is 12.6. The third-order valence-electron chi connectivity index (χ3n) is 3.90. The Hall–Kier alpha value is -1.37.